The average molecular weight is 461 g/mol. The molecule has 0 unspecified atom stereocenters. The molecule has 0 bridgehead atoms. The number of thiazole rings is 1. The lowest BCUT2D eigenvalue weighted by molar-refractivity contribution is -0.117. The lowest BCUT2D eigenvalue weighted by Gasteiger charge is -2.18. The lowest BCUT2D eigenvalue weighted by atomic mass is 10.1. The van der Waals surface area contributed by atoms with Gasteiger partial charge in [0.25, 0.3) is 5.91 Å². The molecule has 0 spiro atoms. The Morgan fingerprint density at radius 2 is 1.77 bits per heavy atom. The molecule has 1 aliphatic heterocycles. The van der Waals surface area contributed by atoms with Crippen molar-refractivity contribution in [3.05, 3.63) is 46.8 Å². The molecule has 2 aromatic carbocycles. The van der Waals surface area contributed by atoms with Crippen molar-refractivity contribution in [3.63, 3.8) is 0 Å². The Balaban J connectivity index is 1.62. The number of hydrogen-bond donors (Lipinski definition) is 0. The van der Waals surface area contributed by atoms with Gasteiger partial charge in [0.2, 0.25) is 0 Å². The van der Waals surface area contributed by atoms with Crippen molar-refractivity contribution in [2.24, 2.45) is 4.99 Å². The van der Waals surface area contributed by atoms with E-state index in [2.05, 4.69) is 4.99 Å². The highest BCUT2D eigenvalue weighted by atomic mass is 32.2. The zero-order valence-electron chi connectivity index (χ0n) is 17.6. The third-order valence-corrected chi connectivity index (χ3v) is 8.32. The zero-order chi connectivity index (χ0) is 22.2. The van der Waals surface area contributed by atoms with E-state index in [0.29, 0.717) is 36.1 Å². The maximum absolute atomic E-state index is 12.6. The highest BCUT2D eigenvalue weighted by Crippen LogP contribution is 2.35. The molecule has 7 nitrogen and oxygen atoms in total. The Morgan fingerprint density at radius 3 is 2.39 bits per heavy atom. The molecule has 0 radical (unpaired) electrons. The molecule has 0 fully saturated rings. The maximum atomic E-state index is 12.6. The number of aromatic nitrogens is 1. The summed E-state index contributed by atoms with van der Waals surface area (Å²) in [5.74, 6) is 1.12. The van der Waals surface area contributed by atoms with Crippen LogP contribution in [0.2, 0.25) is 0 Å². The van der Waals surface area contributed by atoms with E-state index in [1.54, 1.807) is 38.1 Å². The van der Waals surface area contributed by atoms with Crippen LogP contribution in [-0.2, 0) is 27.6 Å². The third-order valence-electron chi connectivity index (χ3n) is 5.11. The summed E-state index contributed by atoms with van der Waals surface area (Å²) in [4.78, 5) is 17.8. The van der Waals surface area contributed by atoms with Gasteiger partial charge in [0, 0.05) is 18.7 Å². The summed E-state index contributed by atoms with van der Waals surface area (Å²) in [7, 11) is -3.33. The van der Waals surface area contributed by atoms with Gasteiger partial charge in [-0.15, -0.1) is 0 Å². The molecule has 2 heterocycles. The highest BCUT2D eigenvalue weighted by molar-refractivity contribution is 7.92. The molecule has 1 amide bonds. The summed E-state index contributed by atoms with van der Waals surface area (Å²) in [5.41, 5.74) is 1.67. The van der Waals surface area contributed by atoms with E-state index in [9.17, 15) is 13.2 Å². The Bertz CT molecular complexity index is 1300. The summed E-state index contributed by atoms with van der Waals surface area (Å²) in [5, 5.41) is -0.492. The Labute approximate surface area is 184 Å². The van der Waals surface area contributed by atoms with Crippen molar-refractivity contribution in [1.82, 2.24) is 4.57 Å². The van der Waals surface area contributed by atoms with Crippen molar-refractivity contribution >= 4 is 37.3 Å². The second kappa shape index (κ2) is 8.47. The number of nitrogens with zero attached hydrogens (tertiary/aromatic N) is 2. The van der Waals surface area contributed by atoms with Crippen LogP contribution in [-0.4, -0.2) is 37.4 Å². The number of hydrogen-bond acceptors (Lipinski definition) is 6. The van der Waals surface area contributed by atoms with Crippen LogP contribution in [0.1, 0.15) is 26.3 Å². The molecule has 0 saturated heterocycles. The fraction of sp³-hybridized carbons (Fsp3) is 0.364. The number of benzene rings is 2. The van der Waals surface area contributed by atoms with Gasteiger partial charge in [-0.2, -0.15) is 4.99 Å². The van der Waals surface area contributed by atoms with Crippen LogP contribution in [0, 0.1) is 0 Å². The van der Waals surface area contributed by atoms with Crippen molar-refractivity contribution in [1.29, 1.82) is 0 Å². The van der Waals surface area contributed by atoms with Gasteiger partial charge in [0.1, 0.15) is 13.2 Å². The maximum Gasteiger partial charge on any atom is 0.252 e. The van der Waals surface area contributed by atoms with Crippen molar-refractivity contribution in [3.8, 4) is 11.5 Å². The molecule has 31 heavy (non-hydrogen) atoms. The van der Waals surface area contributed by atoms with Crippen LogP contribution in [0.25, 0.3) is 10.2 Å². The van der Waals surface area contributed by atoms with Crippen LogP contribution in [0.3, 0.4) is 0 Å². The van der Waals surface area contributed by atoms with Crippen LogP contribution in [0.15, 0.2) is 46.3 Å². The smallest absolute Gasteiger partial charge is 0.252 e. The Morgan fingerprint density at radius 1 is 1.13 bits per heavy atom. The SMILES string of the molecule is CCn1c(=NC(=O)Cc2ccc(S(=O)(=O)C(C)C)cc2)sc2cc3c(cc21)OCCO3. The van der Waals surface area contributed by atoms with Gasteiger partial charge in [0.15, 0.2) is 26.1 Å². The molecule has 0 saturated carbocycles. The summed E-state index contributed by atoms with van der Waals surface area (Å²) < 4.78 is 38.8. The van der Waals surface area contributed by atoms with Crippen LogP contribution < -0.4 is 14.3 Å². The van der Waals surface area contributed by atoms with Gasteiger partial charge in [-0.05, 0) is 38.5 Å². The molecule has 1 aliphatic rings. The average Bonchev–Trinajstić information content (AvgIpc) is 3.07. The highest BCUT2D eigenvalue weighted by Gasteiger charge is 2.19. The van der Waals surface area contributed by atoms with E-state index in [1.165, 1.54) is 11.3 Å². The summed E-state index contributed by atoms with van der Waals surface area (Å²) in [6.07, 6.45) is 0.0999. The molecule has 9 heteroatoms. The minimum absolute atomic E-state index is 0.0999. The topological polar surface area (TPSA) is 87.0 Å². The first-order valence-electron chi connectivity index (χ1n) is 10.1. The first-order valence-corrected chi connectivity index (χ1v) is 12.5. The van der Waals surface area contributed by atoms with Gasteiger partial charge in [-0.3, -0.25) is 4.79 Å². The summed E-state index contributed by atoms with van der Waals surface area (Å²) in [6.45, 7) is 6.99. The molecule has 0 N–H and O–H groups in total. The second-order valence-corrected chi connectivity index (χ2v) is 11.0. The van der Waals surface area contributed by atoms with E-state index in [4.69, 9.17) is 9.47 Å². The molecular weight excluding hydrogens is 436 g/mol. The number of sulfone groups is 1. The molecule has 4 rings (SSSR count). The van der Waals surface area contributed by atoms with E-state index in [1.807, 2.05) is 23.6 Å². The molecule has 0 aliphatic carbocycles. The largest absolute Gasteiger partial charge is 0.486 e. The van der Waals surface area contributed by atoms with Gasteiger partial charge in [-0.25, -0.2) is 8.42 Å². The van der Waals surface area contributed by atoms with E-state index < -0.39 is 15.1 Å². The monoisotopic (exact) mass is 460 g/mol. The normalized spacial score (nSPS) is 14.4. The Hall–Kier alpha value is -2.65. The first-order chi connectivity index (χ1) is 14.8. The lowest BCUT2D eigenvalue weighted by Crippen LogP contribution is -2.17. The quantitative estimate of drug-likeness (QED) is 0.583. The number of aryl methyl sites for hydroxylation is 1. The number of rotatable bonds is 5. The summed E-state index contributed by atoms with van der Waals surface area (Å²) in [6, 6.07) is 10.3. The van der Waals surface area contributed by atoms with Crippen molar-refractivity contribution in [2.75, 3.05) is 13.2 Å². The minimum atomic E-state index is -3.33. The summed E-state index contributed by atoms with van der Waals surface area (Å²) >= 11 is 1.43. The number of carbonyl (C=O) groups is 1. The van der Waals surface area contributed by atoms with Gasteiger partial charge >= 0.3 is 0 Å². The van der Waals surface area contributed by atoms with Gasteiger partial charge in [-0.1, -0.05) is 23.5 Å². The number of carbonyl (C=O) groups excluding carboxylic acids is 1. The van der Waals surface area contributed by atoms with Crippen molar-refractivity contribution in [2.45, 2.75) is 43.9 Å². The number of ether oxygens (including phenoxy) is 2. The fourth-order valence-electron chi connectivity index (χ4n) is 3.39. The Kier molecular flexibility index (Phi) is 5.90. The molecule has 3 aromatic rings. The first kappa shape index (κ1) is 21.6. The molecule has 1 aromatic heterocycles. The van der Waals surface area contributed by atoms with Gasteiger partial charge in [0.05, 0.1) is 26.8 Å². The van der Waals surface area contributed by atoms with E-state index >= 15 is 0 Å². The molecule has 164 valence electrons. The molecule has 0 atom stereocenters. The predicted octanol–water partition coefficient (Wildman–Crippen LogP) is 3.35. The van der Waals surface area contributed by atoms with Crippen LogP contribution >= 0.6 is 11.3 Å². The van der Waals surface area contributed by atoms with Crippen molar-refractivity contribution < 1.29 is 22.7 Å². The van der Waals surface area contributed by atoms with Gasteiger partial charge < -0.3 is 14.0 Å². The van der Waals surface area contributed by atoms with E-state index in [0.717, 1.165) is 15.8 Å². The number of amides is 1. The van der Waals surface area contributed by atoms with Crippen LogP contribution in [0.4, 0.5) is 0 Å². The minimum Gasteiger partial charge on any atom is -0.486 e. The number of fused-ring (bicyclic) bond motifs is 2. The zero-order valence-corrected chi connectivity index (χ0v) is 19.3. The third kappa shape index (κ3) is 4.24. The molecular formula is C22H24N2O5S2. The standard InChI is InChI=1S/C22H24N2O5S2/c1-4-24-17-12-18-19(29-10-9-28-18)13-20(17)30-22(24)23-21(25)11-15-5-7-16(8-6-15)31(26,27)14(2)3/h5-8,12-14H,4,9-11H2,1-3H3. The second-order valence-electron chi connectivity index (χ2n) is 7.51. The van der Waals surface area contributed by atoms with Crippen LogP contribution in [0.5, 0.6) is 11.5 Å². The fourth-order valence-corrected chi connectivity index (χ4v) is 5.57. The predicted molar refractivity (Wildman–Crippen MR) is 120 cm³/mol. The van der Waals surface area contributed by atoms with E-state index in [-0.39, 0.29) is 17.2 Å².